The van der Waals surface area contributed by atoms with Gasteiger partial charge in [-0.15, -0.1) is 0 Å². The van der Waals surface area contributed by atoms with Crippen LogP contribution in [0.4, 0.5) is 0 Å². The van der Waals surface area contributed by atoms with Crippen LogP contribution in [-0.2, 0) is 15.1 Å². The summed E-state index contributed by atoms with van der Waals surface area (Å²) in [4.78, 5) is 24.9. The third-order valence-electron chi connectivity index (χ3n) is 3.64. The number of carbonyl (C=O) groups excluding carboxylic acids is 1. The number of carbonyl (C=O) groups is 2. The van der Waals surface area contributed by atoms with Crippen molar-refractivity contribution in [1.29, 1.82) is 0 Å². The standard InChI is InChI=1S/C14H17NO3/c1-10-5-7-11(8-6-10)14(2,13(17)18)15-9-3-4-12(15)16/h5-8H,3-4,9H2,1-2H3,(H,17,18). The number of rotatable bonds is 3. The number of aliphatic carboxylic acids is 1. The van der Waals surface area contributed by atoms with Crippen molar-refractivity contribution in [3.63, 3.8) is 0 Å². The first kappa shape index (κ1) is 12.6. The molecular weight excluding hydrogens is 230 g/mol. The van der Waals surface area contributed by atoms with E-state index in [1.165, 1.54) is 4.90 Å². The SMILES string of the molecule is Cc1ccc(C(C)(C(=O)O)N2CCCC2=O)cc1. The predicted molar refractivity (Wildman–Crippen MR) is 67.1 cm³/mol. The van der Waals surface area contributed by atoms with Crippen molar-refractivity contribution in [2.24, 2.45) is 0 Å². The molecule has 4 nitrogen and oxygen atoms in total. The summed E-state index contributed by atoms with van der Waals surface area (Å²) in [5, 5.41) is 9.54. The molecule has 1 aliphatic heterocycles. The minimum atomic E-state index is -1.26. The first-order chi connectivity index (χ1) is 8.46. The van der Waals surface area contributed by atoms with E-state index in [2.05, 4.69) is 0 Å². The van der Waals surface area contributed by atoms with E-state index in [1.54, 1.807) is 19.1 Å². The molecule has 1 amide bonds. The molecule has 0 aliphatic carbocycles. The molecule has 4 heteroatoms. The van der Waals surface area contributed by atoms with E-state index < -0.39 is 11.5 Å². The molecule has 1 saturated heterocycles. The summed E-state index contributed by atoms with van der Waals surface area (Å²) in [5.41, 5.74) is 0.455. The summed E-state index contributed by atoms with van der Waals surface area (Å²) >= 11 is 0. The molecule has 1 heterocycles. The number of likely N-dealkylation sites (tertiary alicyclic amines) is 1. The molecule has 1 fully saturated rings. The summed E-state index contributed by atoms with van der Waals surface area (Å²) in [6, 6.07) is 7.32. The van der Waals surface area contributed by atoms with E-state index >= 15 is 0 Å². The van der Waals surface area contributed by atoms with Gasteiger partial charge in [-0.05, 0) is 25.8 Å². The molecule has 0 aromatic heterocycles. The smallest absolute Gasteiger partial charge is 0.334 e. The summed E-state index contributed by atoms with van der Waals surface area (Å²) < 4.78 is 0. The van der Waals surface area contributed by atoms with Crippen molar-refractivity contribution in [3.8, 4) is 0 Å². The Morgan fingerprint density at radius 3 is 2.39 bits per heavy atom. The van der Waals surface area contributed by atoms with E-state index in [4.69, 9.17) is 0 Å². The summed E-state index contributed by atoms with van der Waals surface area (Å²) in [6.07, 6.45) is 1.17. The van der Waals surface area contributed by atoms with Crippen LogP contribution in [0.2, 0.25) is 0 Å². The quantitative estimate of drug-likeness (QED) is 0.887. The van der Waals surface area contributed by atoms with Crippen LogP contribution >= 0.6 is 0 Å². The lowest BCUT2D eigenvalue weighted by atomic mass is 9.89. The number of hydrogen-bond donors (Lipinski definition) is 1. The van der Waals surface area contributed by atoms with Gasteiger partial charge >= 0.3 is 5.97 Å². The van der Waals surface area contributed by atoms with Gasteiger partial charge in [-0.25, -0.2) is 4.79 Å². The Morgan fingerprint density at radius 2 is 1.94 bits per heavy atom. The maximum absolute atomic E-state index is 11.8. The number of nitrogens with zero attached hydrogens (tertiary/aromatic N) is 1. The topological polar surface area (TPSA) is 57.6 Å². The van der Waals surface area contributed by atoms with Crippen LogP contribution in [0.3, 0.4) is 0 Å². The highest BCUT2D eigenvalue weighted by Crippen LogP contribution is 2.32. The molecule has 1 N–H and O–H groups in total. The number of carboxylic acids is 1. The zero-order valence-electron chi connectivity index (χ0n) is 10.6. The van der Waals surface area contributed by atoms with Gasteiger partial charge in [0.15, 0.2) is 5.54 Å². The molecule has 0 bridgehead atoms. The number of aryl methyl sites for hydroxylation is 1. The average Bonchev–Trinajstić information content (AvgIpc) is 2.75. The zero-order chi connectivity index (χ0) is 13.3. The van der Waals surface area contributed by atoms with Crippen molar-refractivity contribution >= 4 is 11.9 Å². The lowest BCUT2D eigenvalue weighted by molar-refractivity contribution is -0.156. The van der Waals surface area contributed by atoms with Crippen LogP contribution in [0, 0.1) is 6.92 Å². The second kappa shape index (κ2) is 4.44. The monoisotopic (exact) mass is 247 g/mol. The lowest BCUT2D eigenvalue weighted by Crippen LogP contribution is -2.50. The normalized spacial score (nSPS) is 18.8. The van der Waals surface area contributed by atoms with Gasteiger partial charge in [0.25, 0.3) is 0 Å². The van der Waals surface area contributed by atoms with Gasteiger partial charge in [-0.1, -0.05) is 29.8 Å². The summed E-state index contributed by atoms with van der Waals surface area (Å²) in [5.74, 6) is -1.07. The highest BCUT2D eigenvalue weighted by atomic mass is 16.4. The molecule has 1 unspecified atom stereocenters. The Labute approximate surface area is 106 Å². The van der Waals surface area contributed by atoms with Gasteiger partial charge in [0, 0.05) is 13.0 Å². The van der Waals surface area contributed by atoms with Crippen LogP contribution in [0.25, 0.3) is 0 Å². The van der Waals surface area contributed by atoms with Gasteiger partial charge in [-0.2, -0.15) is 0 Å². The molecule has 18 heavy (non-hydrogen) atoms. The van der Waals surface area contributed by atoms with E-state index in [9.17, 15) is 14.7 Å². The summed E-state index contributed by atoms with van der Waals surface area (Å²) in [6.45, 7) is 4.06. The van der Waals surface area contributed by atoms with E-state index in [0.29, 0.717) is 18.5 Å². The fraction of sp³-hybridized carbons (Fsp3) is 0.429. The number of carboxylic acid groups (broad SMARTS) is 1. The van der Waals surface area contributed by atoms with Crippen LogP contribution < -0.4 is 0 Å². The Hall–Kier alpha value is -1.84. The lowest BCUT2D eigenvalue weighted by Gasteiger charge is -2.35. The van der Waals surface area contributed by atoms with Crippen LogP contribution in [0.15, 0.2) is 24.3 Å². The Bertz CT molecular complexity index is 480. The van der Waals surface area contributed by atoms with E-state index in [-0.39, 0.29) is 5.91 Å². The molecule has 96 valence electrons. The second-order valence-electron chi connectivity index (χ2n) is 4.89. The highest BCUT2D eigenvalue weighted by molar-refractivity contribution is 5.88. The van der Waals surface area contributed by atoms with Crippen molar-refractivity contribution in [2.75, 3.05) is 6.54 Å². The molecular formula is C14H17NO3. The molecule has 0 spiro atoms. The number of benzene rings is 1. The first-order valence-corrected chi connectivity index (χ1v) is 6.07. The molecule has 1 aliphatic rings. The fourth-order valence-electron chi connectivity index (χ4n) is 2.39. The zero-order valence-corrected chi connectivity index (χ0v) is 10.6. The highest BCUT2D eigenvalue weighted by Gasteiger charge is 2.45. The van der Waals surface area contributed by atoms with Gasteiger partial charge in [0.1, 0.15) is 0 Å². The number of amides is 1. The molecule has 1 aromatic carbocycles. The minimum Gasteiger partial charge on any atom is -0.479 e. The van der Waals surface area contributed by atoms with Crippen molar-refractivity contribution in [1.82, 2.24) is 4.90 Å². The van der Waals surface area contributed by atoms with Crippen LogP contribution in [-0.4, -0.2) is 28.4 Å². The first-order valence-electron chi connectivity index (χ1n) is 6.07. The third-order valence-corrected chi connectivity index (χ3v) is 3.64. The van der Waals surface area contributed by atoms with Crippen molar-refractivity contribution < 1.29 is 14.7 Å². The van der Waals surface area contributed by atoms with Crippen molar-refractivity contribution in [2.45, 2.75) is 32.2 Å². The van der Waals surface area contributed by atoms with Gasteiger partial charge in [0.2, 0.25) is 5.91 Å². The Kier molecular flexibility index (Phi) is 3.11. The molecule has 0 radical (unpaired) electrons. The maximum atomic E-state index is 11.8. The van der Waals surface area contributed by atoms with Crippen LogP contribution in [0.1, 0.15) is 30.9 Å². The predicted octanol–water partition coefficient (Wildman–Crippen LogP) is 1.92. The maximum Gasteiger partial charge on any atom is 0.334 e. The summed E-state index contributed by atoms with van der Waals surface area (Å²) in [7, 11) is 0. The molecule has 1 atom stereocenters. The van der Waals surface area contributed by atoms with Gasteiger partial charge in [0.05, 0.1) is 0 Å². The fourth-order valence-corrected chi connectivity index (χ4v) is 2.39. The second-order valence-corrected chi connectivity index (χ2v) is 4.89. The van der Waals surface area contributed by atoms with E-state index in [0.717, 1.165) is 12.0 Å². The average molecular weight is 247 g/mol. The van der Waals surface area contributed by atoms with Gasteiger partial charge in [-0.3, -0.25) is 4.79 Å². The molecule has 1 aromatic rings. The van der Waals surface area contributed by atoms with Gasteiger partial charge < -0.3 is 10.0 Å². The number of hydrogen-bond acceptors (Lipinski definition) is 2. The largest absolute Gasteiger partial charge is 0.479 e. The Balaban J connectivity index is 2.46. The molecule has 0 saturated carbocycles. The third kappa shape index (κ3) is 1.88. The minimum absolute atomic E-state index is 0.0829. The van der Waals surface area contributed by atoms with Crippen LogP contribution in [0.5, 0.6) is 0 Å². The Morgan fingerprint density at radius 1 is 1.33 bits per heavy atom. The van der Waals surface area contributed by atoms with Crippen molar-refractivity contribution in [3.05, 3.63) is 35.4 Å². The van der Waals surface area contributed by atoms with E-state index in [1.807, 2.05) is 19.1 Å². The molecule has 2 rings (SSSR count).